The molecule has 1 N–H and O–H groups in total. The highest BCUT2D eigenvalue weighted by atomic mass is 32.2. The zero-order chi connectivity index (χ0) is 17.5. The Balaban J connectivity index is 2.17. The Morgan fingerprint density at radius 2 is 1.78 bits per heavy atom. The number of benzene rings is 1. The van der Waals surface area contributed by atoms with Crippen LogP contribution in [0.3, 0.4) is 0 Å². The van der Waals surface area contributed by atoms with Crippen molar-refractivity contribution in [3.8, 4) is 5.75 Å². The largest absolute Gasteiger partial charge is 0.573 e. The smallest absolute Gasteiger partial charge is 0.406 e. The third-order valence-corrected chi connectivity index (χ3v) is 6.81. The van der Waals surface area contributed by atoms with Crippen molar-refractivity contribution in [3.05, 3.63) is 24.3 Å². The van der Waals surface area contributed by atoms with E-state index in [2.05, 4.69) is 9.46 Å². The molecule has 0 bridgehead atoms. The van der Waals surface area contributed by atoms with Gasteiger partial charge in [0, 0.05) is 5.54 Å². The fourth-order valence-electron chi connectivity index (χ4n) is 2.29. The number of sulfonamides is 1. The molecule has 1 aromatic rings. The number of hydrogen-bond acceptors (Lipinski definition) is 5. The SMILES string of the molecule is C[C@]1(NS(=O)(=O)c2ccc(OC(F)(F)F)cc2)CCS(=O)(=O)C1. The third-order valence-electron chi connectivity index (χ3n) is 3.25. The molecule has 6 nitrogen and oxygen atoms in total. The maximum absolute atomic E-state index is 12.2. The van der Waals surface area contributed by atoms with Gasteiger partial charge in [-0.05, 0) is 37.6 Å². The molecular formula is C12H14F3NO5S2. The van der Waals surface area contributed by atoms with Crippen molar-refractivity contribution in [1.82, 2.24) is 4.72 Å². The van der Waals surface area contributed by atoms with Gasteiger partial charge in [0.15, 0.2) is 9.84 Å². The molecule has 0 aromatic heterocycles. The van der Waals surface area contributed by atoms with Gasteiger partial charge in [-0.2, -0.15) is 0 Å². The molecule has 0 amide bonds. The first-order valence-electron chi connectivity index (χ1n) is 6.41. The van der Waals surface area contributed by atoms with Gasteiger partial charge in [-0.3, -0.25) is 0 Å². The van der Waals surface area contributed by atoms with Crippen LogP contribution < -0.4 is 9.46 Å². The maximum Gasteiger partial charge on any atom is 0.573 e. The molecule has 2 rings (SSSR count). The van der Waals surface area contributed by atoms with Gasteiger partial charge < -0.3 is 4.74 Å². The van der Waals surface area contributed by atoms with Crippen LogP contribution in [-0.4, -0.2) is 40.2 Å². The molecule has 1 aromatic carbocycles. The van der Waals surface area contributed by atoms with E-state index in [1.165, 1.54) is 6.92 Å². The predicted molar refractivity (Wildman–Crippen MR) is 75.1 cm³/mol. The topological polar surface area (TPSA) is 89.5 Å². The second-order valence-electron chi connectivity index (χ2n) is 5.53. The first-order chi connectivity index (χ1) is 10.3. The average molecular weight is 373 g/mol. The minimum atomic E-state index is -4.87. The van der Waals surface area contributed by atoms with Gasteiger partial charge in [-0.1, -0.05) is 0 Å². The van der Waals surface area contributed by atoms with Crippen LogP contribution in [0.15, 0.2) is 29.2 Å². The number of rotatable bonds is 4. The molecule has 0 saturated carbocycles. The Labute approximate surface area is 131 Å². The lowest BCUT2D eigenvalue weighted by Gasteiger charge is -2.23. The summed E-state index contributed by atoms with van der Waals surface area (Å²) in [5.74, 6) is -0.995. The molecule has 0 unspecified atom stereocenters. The van der Waals surface area contributed by atoms with Gasteiger partial charge in [0.1, 0.15) is 5.75 Å². The van der Waals surface area contributed by atoms with Gasteiger partial charge in [0.2, 0.25) is 10.0 Å². The molecular weight excluding hydrogens is 359 g/mol. The first kappa shape index (κ1) is 18.0. The average Bonchev–Trinajstić information content (AvgIpc) is 2.60. The monoisotopic (exact) mass is 373 g/mol. The normalized spacial score (nSPS) is 24.5. The Bertz CT molecular complexity index is 787. The van der Waals surface area contributed by atoms with Crippen LogP contribution in [0.1, 0.15) is 13.3 Å². The summed E-state index contributed by atoms with van der Waals surface area (Å²) in [6.07, 6.45) is -4.74. The van der Waals surface area contributed by atoms with E-state index >= 15 is 0 Å². The quantitative estimate of drug-likeness (QED) is 0.863. The number of hydrogen-bond donors (Lipinski definition) is 1. The summed E-state index contributed by atoms with van der Waals surface area (Å²) < 4.78 is 89.6. The zero-order valence-electron chi connectivity index (χ0n) is 11.9. The van der Waals surface area contributed by atoms with Crippen LogP contribution in [0.25, 0.3) is 0 Å². The summed E-state index contributed by atoms with van der Waals surface area (Å²) in [7, 11) is -7.37. The second kappa shape index (κ2) is 5.64. The highest BCUT2D eigenvalue weighted by Gasteiger charge is 2.41. The van der Waals surface area contributed by atoms with Crippen LogP contribution >= 0.6 is 0 Å². The molecule has 1 saturated heterocycles. The molecule has 1 aliphatic heterocycles. The zero-order valence-corrected chi connectivity index (χ0v) is 13.6. The number of ether oxygens (including phenoxy) is 1. The molecule has 0 spiro atoms. The van der Waals surface area contributed by atoms with Gasteiger partial charge in [0.05, 0.1) is 16.4 Å². The molecule has 23 heavy (non-hydrogen) atoms. The summed E-state index contributed by atoms with van der Waals surface area (Å²) in [5.41, 5.74) is -1.14. The molecule has 0 aliphatic carbocycles. The summed E-state index contributed by atoms with van der Waals surface area (Å²) in [4.78, 5) is -0.280. The van der Waals surface area contributed by atoms with Crippen molar-refractivity contribution in [2.75, 3.05) is 11.5 Å². The number of halogens is 3. The van der Waals surface area contributed by atoms with E-state index in [1.807, 2.05) is 0 Å². The number of alkyl halides is 3. The van der Waals surface area contributed by atoms with Crippen molar-refractivity contribution in [2.45, 2.75) is 30.1 Å². The van der Waals surface area contributed by atoms with E-state index in [0.29, 0.717) is 0 Å². The minimum absolute atomic E-state index is 0.121. The molecule has 130 valence electrons. The van der Waals surface area contributed by atoms with E-state index in [0.717, 1.165) is 24.3 Å². The van der Waals surface area contributed by atoms with Gasteiger partial charge in [-0.25, -0.2) is 21.6 Å². The molecule has 1 heterocycles. The van der Waals surface area contributed by atoms with Crippen molar-refractivity contribution >= 4 is 19.9 Å². The Hall–Kier alpha value is -1.33. The third kappa shape index (κ3) is 4.82. The number of sulfone groups is 1. The first-order valence-corrected chi connectivity index (χ1v) is 9.71. The molecule has 1 fully saturated rings. The standard InChI is InChI=1S/C12H14F3NO5S2/c1-11(6-7-22(17,18)8-11)16-23(19,20)10-4-2-9(3-5-10)21-12(13,14)15/h2-5,16H,6-8H2,1H3/t11-/m0/s1. The van der Waals surface area contributed by atoms with E-state index in [-0.39, 0.29) is 22.8 Å². The summed E-state index contributed by atoms with van der Waals surface area (Å²) in [6.45, 7) is 1.47. The summed E-state index contributed by atoms with van der Waals surface area (Å²) >= 11 is 0. The van der Waals surface area contributed by atoms with Crippen LogP contribution in [0.5, 0.6) is 5.75 Å². The molecule has 1 aliphatic rings. The van der Waals surface area contributed by atoms with Gasteiger partial charge >= 0.3 is 6.36 Å². The lowest BCUT2D eigenvalue weighted by molar-refractivity contribution is -0.274. The summed E-state index contributed by atoms with van der Waals surface area (Å²) in [5, 5.41) is 0. The van der Waals surface area contributed by atoms with Crippen LogP contribution in [-0.2, 0) is 19.9 Å². The fraction of sp³-hybridized carbons (Fsp3) is 0.500. The van der Waals surface area contributed by atoms with Crippen LogP contribution in [0.4, 0.5) is 13.2 Å². The van der Waals surface area contributed by atoms with E-state index in [1.54, 1.807) is 0 Å². The fourth-order valence-corrected chi connectivity index (χ4v) is 5.91. The van der Waals surface area contributed by atoms with E-state index in [9.17, 15) is 30.0 Å². The molecule has 11 heteroatoms. The van der Waals surface area contributed by atoms with Crippen molar-refractivity contribution in [3.63, 3.8) is 0 Å². The van der Waals surface area contributed by atoms with Gasteiger partial charge in [-0.15, -0.1) is 13.2 Å². The Morgan fingerprint density at radius 1 is 1.22 bits per heavy atom. The minimum Gasteiger partial charge on any atom is -0.406 e. The Kier molecular flexibility index (Phi) is 4.41. The maximum atomic E-state index is 12.2. The van der Waals surface area contributed by atoms with Crippen molar-refractivity contribution in [1.29, 1.82) is 0 Å². The van der Waals surface area contributed by atoms with Crippen molar-refractivity contribution < 1.29 is 34.7 Å². The van der Waals surface area contributed by atoms with Gasteiger partial charge in [0.25, 0.3) is 0 Å². The predicted octanol–water partition coefficient (Wildman–Crippen LogP) is 1.44. The van der Waals surface area contributed by atoms with E-state index < -0.39 is 37.5 Å². The Morgan fingerprint density at radius 3 is 2.22 bits per heavy atom. The highest BCUT2D eigenvalue weighted by Crippen LogP contribution is 2.27. The van der Waals surface area contributed by atoms with Crippen LogP contribution in [0.2, 0.25) is 0 Å². The lowest BCUT2D eigenvalue weighted by atomic mass is 10.0. The lowest BCUT2D eigenvalue weighted by Crippen LogP contribution is -2.46. The second-order valence-corrected chi connectivity index (χ2v) is 9.39. The summed E-state index contributed by atoms with van der Waals surface area (Å²) in [6, 6.07) is 3.65. The number of nitrogens with one attached hydrogen (secondary N) is 1. The van der Waals surface area contributed by atoms with Crippen LogP contribution in [0, 0.1) is 0 Å². The molecule has 1 atom stereocenters. The molecule has 0 radical (unpaired) electrons. The van der Waals surface area contributed by atoms with Crippen molar-refractivity contribution in [2.24, 2.45) is 0 Å². The highest BCUT2D eigenvalue weighted by molar-refractivity contribution is 7.92. The van der Waals surface area contributed by atoms with E-state index in [4.69, 9.17) is 0 Å².